The van der Waals surface area contributed by atoms with E-state index in [1.165, 1.54) is 10.5 Å². The number of nitrogens with zero attached hydrogens (tertiary/aromatic N) is 2. The van der Waals surface area contributed by atoms with Gasteiger partial charge < -0.3 is 4.98 Å². The van der Waals surface area contributed by atoms with Gasteiger partial charge in [-0.2, -0.15) is 4.31 Å². The molecule has 1 N–H and O–H groups in total. The van der Waals surface area contributed by atoms with Crippen LogP contribution in [0.2, 0.25) is 0 Å². The highest BCUT2D eigenvalue weighted by atomic mass is 79.9. The highest BCUT2D eigenvalue weighted by Crippen LogP contribution is 2.23. The summed E-state index contributed by atoms with van der Waals surface area (Å²) in [7, 11) is -1.94. The number of hydrogen-bond donors (Lipinski definition) is 1. The van der Waals surface area contributed by atoms with Gasteiger partial charge in [-0.1, -0.05) is 22.9 Å². The minimum absolute atomic E-state index is 0.144. The number of hydrogen-bond acceptors (Lipinski definition) is 3. The van der Waals surface area contributed by atoms with Crippen molar-refractivity contribution in [2.45, 2.75) is 37.8 Å². The molecule has 0 saturated carbocycles. The summed E-state index contributed by atoms with van der Waals surface area (Å²) < 4.78 is 26.0. The van der Waals surface area contributed by atoms with Crippen molar-refractivity contribution in [3.05, 3.63) is 12.0 Å². The first kappa shape index (κ1) is 14.7. The second-order valence-corrected chi connectivity index (χ2v) is 6.96. The molecule has 0 aliphatic heterocycles. The number of sulfonamides is 1. The third-order valence-electron chi connectivity index (χ3n) is 2.76. The molecule has 0 saturated heterocycles. The minimum Gasteiger partial charge on any atom is -0.332 e. The molecule has 0 aliphatic rings. The smallest absolute Gasteiger partial charge is 0.260 e. The molecule has 1 rings (SSSR count). The average Bonchev–Trinajstić information content (AvgIpc) is 2.77. The monoisotopic (exact) mass is 323 g/mol. The van der Waals surface area contributed by atoms with Crippen LogP contribution in [0.3, 0.4) is 0 Å². The summed E-state index contributed by atoms with van der Waals surface area (Å²) >= 11 is 3.32. The lowest BCUT2D eigenvalue weighted by Gasteiger charge is -2.32. The fourth-order valence-electron chi connectivity index (χ4n) is 1.21. The molecule has 17 heavy (non-hydrogen) atoms. The normalized spacial score (nSPS) is 13.3. The molecule has 0 radical (unpaired) electrons. The Morgan fingerprint density at radius 3 is 2.53 bits per heavy atom. The Morgan fingerprint density at radius 2 is 2.12 bits per heavy atom. The first-order valence-electron chi connectivity index (χ1n) is 5.34. The van der Waals surface area contributed by atoms with Crippen LogP contribution in [0.15, 0.2) is 11.2 Å². The van der Waals surface area contributed by atoms with Gasteiger partial charge >= 0.3 is 0 Å². The van der Waals surface area contributed by atoms with Gasteiger partial charge in [-0.3, -0.25) is 0 Å². The van der Waals surface area contributed by atoms with E-state index in [-0.39, 0.29) is 5.03 Å². The van der Waals surface area contributed by atoms with E-state index in [1.807, 2.05) is 20.8 Å². The summed E-state index contributed by atoms with van der Waals surface area (Å²) in [5.74, 6) is 0.675. The lowest BCUT2D eigenvalue weighted by molar-refractivity contribution is 0.298. The first-order valence-corrected chi connectivity index (χ1v) is 7.90. The maximum atomic E-state index is 12.3. The van der Waals surface area contributed by atoms with Crippen LogP contribution in [0, 0.1) is 0 Å². The van der Waals surface area contributed by atoms with Crippen LogP contribution in [-0.4, -0.2) is 40.6 Å². The molecule has 0 amide bonds. The summed E-state index contributed by atoms with van der Waals surface area (Å²) in [6.45, 7) is 5.63. The summed E-state index contributed by atoms with van der Waals surface area (Å²) in [6.07, 6.45) is 2.05. The molecule has 0 fully saturated rings. The third-order valence-corrected chi connectivity index (χ3v) is 6.11. The molecule has 1 heterocycles. The van der Waals surface area contributed by atoms with E-state index in [9.17, 15) is 8.42 Å². The van der Waals surface area contributed by atoms with Crippen LogP contribution >= 0.6 is 15.9 Å². The van der Waals surface area contributed by atoms with Gasteiger partial charge in [0.25, 0.3) is 10.0 Å². The molecule has 1 aromatic rings. The summed E-state index contributed by atoms with van der Waals surface area (Å²) in [6, 6.07) is 0. The van der Waals surface area contributed by atoms with Crippen molar-refractivity contribution in [3.63, 3.8) is 0 Å². The van der Waals surface area contributed by atoms with Gasteiger partial charge in [0, 0.05) is 24.3 Å². The second-order valence-electron chi connectivity index (χ2n) is 4.47. The van der Waals surface area contributed by atoms with Crippen molar-refractivity contribution in [1.29, 1.82) is 0 Å². The molecule has 0 spiro atoms. The molecule has 0 bridgehead atoms. The van der Waals surface area contributed by atoms with Crippen LogP contribution in [0.1, 0.15) is 26.6 Å². The SMILES string of the molecule is CCc1ncc(S(=O)(=O)N(C)C(C)(C)CBr)[nH]1. The van der Waals surface area contributed by atoms with Gasteiger partial charge in [0.1, 0.15) is 5.82 Å². The predicted molar refractivity (Wildman–Crippen MR) is 70.8 cm³/mol. The van der Waals surface area contributed by atoms with E-state index in [0.29, 0.717) is 17.6 Å². The zero-order valence-electron chi connectivity index (χ0n) is 10.5. The van der Waals surface area contributed by atoms with Crippen molar-refractivity contribution >= 4 is 26.0 Å². The number of H-pyrrole nitrogens is 1. The Hall–Kier alpha value is -0.400. The average molecular weight is 324 g/mol. The Balaban J connectivity index is 3.11. The number of imidazole rings is 1. The molecule has 5 nitrogen and oxygen atoms in total. The number of halogens is 1. The van der Waals surface area contributed by atoms with Gasteiger partial charge in [-0.05, 0) is 13.8 Å². The predicted octanol–water partition coefficient (Wildman–Crippen LogP) is 1.77. The fraction of sp³-hybridized carbons (Fsp3) is 0.700. The largest absolute Gasteiger partial charge is 0.332 e. The van der Waals surface area contributed by atoms with E-state index in [2.05, 4.69) is 25.9 Å². The zero-order valence-corrected chi connectivity index (χ0v) is 12.9. The topological polar surface area (TPSA) is 66.1 Å². The molecule has 0 aromatic carbocycles. The van der Waals surface area contributed by atoms with Crippen LogP contribution in [0.4, 0.5) is 0 Å². The molecular weight excluding hydrogens is 306 g/mol. The van der Waals surface area contributed by atoms with Gasteiger partial charge in [0.05, 0.1) is 6.20 Å². The quantitative estimate of drug-likeness (QED) is 0.840. The Labute approximate surface area is 111 Å². The number of alkyl halides is 1. The molecule has 7 heteroatoms. The van der Waals surface area contributed by atoms with Crippen molar-refractivity contribution in [1.82, 2.24) is 14.3 Å². The van der Waals surface area contributed by atoms with Gasteiger partial charge in [-0.25, -0.2) is 13.4 Å². The van der Waals surface area contributed by atoms with Crippen LogP contribution in [-0.2, 0) is 16.4 Å². The van der Waals surface area contributed by atoms with Gasteiger partial charge in [-0.15, -0.1) is 0 Å². The lowest BCUT2D eigenvalue weighted by Crippen LogP contribution is -2.46. The van der Waals surface area contributed by atoms with Gasteiger partial charge in [0.2, 0.25) is 0 Å². The Bertz CT molecular complexity index is 481. The highest BCUT2D eigenvalue weighted by molar-refractivity contribution is 9.09. The van der Waals surface area contributed by atoms with E-state index in [0.717, 1.165) is 0 Å². The number of aromatic amines is 1. The first-order chi connectivity index (χ1) is 7.75. The van der Waals surface area contributed by atoms with E-state index >= 15 is 0 Å². The molecule has 0 aliphatic carbocycles. The van der Waals surface area contributed by atoms with Crippen LogP contribution in [0.25, 0.3) is 0 Å². The number of aryl methyl sites for hydroxylation is 1. The zero-order chi connectivity index (χ0) is 13.3. The van der Waals surface area contributed by atoms with E-state index in [1.54, 1.807) is 7.05 Å². The maximum Gasteiger partial charge on any atom is 0.260 e. The van der Waals surface area contributed by atoms with E-state index in [4.69, 9.17) is 0 Å². The Morgan fingerprint density at radius 1 is 1.53 bits per heavy atom. The van der Waals surface area contributed by atoms with Crippen LogP contribution < -0.4 is 0 Å². The van der Waals surface area contributed by atoms with Crippen molar-refractivity contribution in [2.24, 2.45) is 0 Å². The minimum atomic E-state index is -3.51. The summed E-state index contributed by atoms with van der Waals surface area (Å²) in [4.78, 5) is 6.84. The van der Waals surface area contributed by atoms with Crippen molar-refractivity contribution < 1.29 is 8.42 Å². The maximum absolute atomic E-state index is 12.3. The number of aromatic nitrogens is 2. The Kier molecular flexibility index (Phi) is 4.38. The third kappa shape index (κ3) is 2.89. The molecule has 0 atom stereocenters. The molecule has 98 valence electrons. The number of nitrogens with one attached hydrogen (secondary N) is 1. The molecule has 0 unspecified atom stereocenters. The van der Waals surface area contributed by atoms with Crippen molar-refractivity contribution in [3.8, 4) is 0 Å². The fourth-order valence-corrected chi connectivity index (χ4v) is 3.20. The van der Waals surface area contributed by atoms with E-state index < -0.39 is 15.6 Å². The standard InChI is InChI=1S/C10H18BrN3O2S/c1-5-8-12-6-9(13-8)17(15,16)14(4)10(2,3)7-11/h6H,5,7H2,1-4H3,(H,12,13). The lowest BCUT2D eigenvalue weighted by atomic mass is 10.1. The molecule has 1 aromatic heterocycles. The molecular formula is C10H18BrN3O2S. The van der Waals surface area contributed by atoms with Crippen LogP contribution in [0.5, 0.6) is 0 Å². The van der Waals surface area contributed by atoms with Crippen molar-refractivity contribution in [2.75, 3.05) is 12.4 Å². The summed E-state index contributed by atoms with van der Waals surface area (Å²) in [5.41, 5.74) is -0.490. The second kappa shape index (κ2) is 5.07. The summed E-state index contributed by atoms with van der Waals surface area (Å²) in [5, 5.41) is 0.704. The highest BCUT2D eigenvalue weighted by Gasteiger charge is 2.34. The number of rotatable bonds is 5. The van der Waals surface area contributed by atoms with Gasteiger partial charge in [0.15, 0.2) is 5.03 Å².